The van der Waals surface area contributed by atoms with Crippen molar-refractivity contribution in [3.8, 4) is 6.07 Å². The molecule has 0 fully saturated rings. The van der Waals surface area contributed by atoms with E-state index in [1.54, 1.807) is 32.0 Å². The molecule has 1 aliphatic heterocycles. The first-order valence-electron chi connectivity index (χ1n) is 12.8. The third-order valence-corrected chi connectivity index (χ3v) is 6.99. The molecule has 2 N–H and O–H groups in total. The van der Waals surface area contributed by atoms with E-state index in [-0.39, 0.29) is 41.2 Å². The minimum Gasteiger partial charge on any atom is -0.465 e. The average Bonchev–Trinajstić information content (AvgIpc) is 2.91. The fourth-order valence-electron chi connectivity index (χ4n) is 5.03. The molecular weight excluding hydrogens is 566 g/mol. The number of aromatic nitrogens is 2. The number of nitrogens with one attached hydrogen (secondary N) is 1. The lowest BCUT2D eigenvalue weighted by Crippen LogP contribution is -2.45. The van der Waals surface area contributed by atoms with Gasteiger partial charge in [-0.05, 0) is 60.4 Å². The molecule has 1 aromatic heterocycles. The van der Waals surface area contributed by atoms with Gasteiger partial charge in [0, 0.05) is 26.6 Å². The Morgan fingerprint density at radius 2 is 1.81 bits per heavy atom. The minimum atomic E-state index is -4.67. The van der Waals surface area contributed by atoms with Crippen LogP contribution in [0, 0.1) is 11.3 Å². The fraction of sp³-hybridized carbons (Fsp3) is 0.357. The van der Waals surface area contributed by atoms with Crippen molar-refractivity contribution in [2.24, 2.45) is 0 Å². The second-order valence-electron chi connectivity index (χ2n) is 10.0. The summed E-state index contributed by atoms with van der Waals surface area (Å²) in [5.41, 5.74) is -0.955. The highest BCUT2D eigenvalue weighted by Crippen LogP contribution is 2.43. The number of carboxylic acid groups (broad SMARTS) is 1. The SMILES string of the molecule is CC[C@@H]1C[C@H](Nc2ncc(N(C)C)c(Cc3cc(C#N)cc(C(F)(F)F)c3)n2)c2cc(C(F)(F)F)ccc2N1C(=O)O. The van der Waals surface area contributed by atoms with E-state index in [4.69, 9.17) is 0 Å². The summed E-state index contributed by atoms with van der Waals surface area (Å²) in [6.07, 6.45) is -8.81. The highest BCUT2D eigenvalue weighted by atomic mass is 19.4. The number of anilines is 3. The van der Waals surface area contributed by atoms with E-state index in [9.17, 15) is 41.5 Å². The first-order chi connectivity index (χ1) is 19.6. The lowest BCUT2D eigenvalue weighted by Gasteiger charge is -2.39. The summed E-state index contributed by atoms with van der Waals surface area (Å²) in [5, 5.41) is 22.1. The van der Waals surface area contributed by atoms with Crippen LogP contribution in [0.5, 0.6) is 0 Å². The minimum absolute atomic E-state index is 0.00456. The summed E-state index contributed by atoms with van der Waals surface area (Å²) in [7, 11) is 3.37. The maximum atomic E-state index is 13.6. The Morgan fingerprint density at radius 1 is 1.12 bits per heavy atom. The van der Waals surface area contributed by atoms with Gasteiger partial charge in [0.2, 0.25) is 5.95 Å². The first kappa shape index (κ1) is 30.4. The monoisotopic (exact) mass is 592 g/mol. The van der Waals surface area contributed by atoms with Crippen molar-refractivity contribution in [1.29, 1.82) is 5.26 Å². The van der Waals surface area contributed by atoms with Crippen molar-refractivity contribution in [3.05, 3.63) is 76.1 Å². The molecule has 4 rings (SSSR count). The third-order valence-electron chi connectivity index (χ3n) is 6.99. The van der Waals surface area contributed by atoms with Crippen LogP contribution < -0.4 is 15.1 Å². The topological polar surface area (TPSA) is 105 Å². The quantitative estimate of drug-likeness (QED) is 0.301. The Labute approximate surface area is 237 Å². The number of nitriles is 1. The van der Waals surface area contributed by atoms with E-state index in [2.05, 4.69) is 15.3 Å². The second-order valence-corrected chi connectivity index (χ2v) is 10.0. The van der Waals surface area contributed by atoms with Crippen LogP contribution in [-0.4, -0.2) is 41.3 Å². The molecule has 2 aromatic carbocycles. The molecule has 1 amide bonds. The van der Waals surface area contributed by atoms with E-state index >= 15 is 0 Å². The zero-order chi connectivity index (χ0) is 31.0. The van der Waals surface area contributed by atoms with Crippen LogP contribution >= 0.6 is 0 Å². The molecule has 0 saturated carbocycles. The van der Waals surface area contributed by atoms with Gasteiger partial charge in [0.25, 0.3) is 0 Å². The van der Waals surface area contributed by atoms with Gasteiger partial charge < -0.3 is 15.3 Å². The van der Waals surface area contributed by atoms with Gasteiger partial charge in [0.1, 0.15) is 0 Å². The zero-order valence-electron chi connectivity index (χ0n) is 22.7. The van der Waals surface area contributed by atoms with Crippen LogP contribution in [0.2, 0.25) is 0 Å². The van der Waals surface area contributed by atoms with Gasteiger partial charge in [-0.3, -0.25) is 4.90 Å². The molecule has 14 heteroatoms. The summed E-state index contributed by atoms with van der Waals surface area (Å²) >= 11 is 0. The predicted molar refractivity (Wildman–Crippen MR) is 142 cm³/mol. The number of halogens is 6. The van der Waals surface area contributed by atoms with Gasteiger partial charge >= 0.3 is 18.4 Å². The summed E-state index contributed by atoms with van der Waals surface area (Å²) in [5.74, 6) is -0.00456. The highest BCUT2D eigenvalue weighted by molar-refractivity contribution is 5.89. The van der Waals surface area contributed by atoms with E-state index in [1.165, 1.54) is 12.3 Å². The molecule has 2 atom stereocenters. The van der Waals surface area contributed by atoms with E-state index in [0.717, 1.165) is 35.2 Å². The van der Waals surface area contributed by atoms with Gasteiger partial charge in [-0.15, -0.1) is 0 Å². The van der Waals surface area contributed by atoms with Crippen molar-refractivity contribution in [2.75, 3.05) is 29.2 Å². The smallest absolute Gasteiger partial charge is 0.416 e. The first-order valence-corrected chi connectivity index (χ1v) is 12.8. The Bertz CT molecular complexity index is 1530. The molecule has 0 spiro atoms. The number of nitrogens with zero attached hydrogens (tertiary/aromatic N) is 5. The standard InChI is InChI=1S/C28H26F6N6O2/c1-4-19-12-21(20-11-17(27(29,30)31)5-6-23(20)40(19)26(41)42)37-25-36-14-24(39(2)3)22(38-25)10-15-7-16(13-35)9-18(8-15)28(32,33)34/h5-9,11,14,19,21H,4,10,12H2,1-3H3,(H,41,42)(H,36,37,38)/t19-,21+/m1/s1. The van der Waals surface area contributed by atoms with E-state index < -0.39 is 41.7 Å². The summed E-state index contributed by atoms with van der Waals surface area (Å²) in [4.78, 5) is 23.5. The normalized spacial score (nSPS) is 16.9. The summed E-state index contributed by atoms with van der Waals surface area (Å²) in [6, 6.07) is 6.24. The Kier molecular flexibility index (Phi) is 8.25. The number of amides is 1. The molecule has 222 valence electrons. The maximum Gasteiger partial charge on any atom is 0.416 e. The van der Waals surface area contributed by atoms with Crippen LogP contribution in [0.3, 0.4) is 0 Å². The van der Waals surface area contributed by atoms with Gasteiger partial charge in [-0.2, -0.15) is 31.6 Å². The van der Waals surface area contributed by atoms with E-state index in [1.807, 2.05) is 0 Å². The number of carbonyl (C=O) groups is 1. The molecule has 0 radical (unpaired) electrons. The van der Waals surface area contributed by atoms with Gasteiger partial charge in [0.15, 0.2) is 0 Å². The van der Waals surface area contributed by atoms with Gasteiger partial charge in [-0.25, -0.2) is 14.8 Å². The molecule has 0 saturated heterocycles. The number of rotatable bonds is 6. The molecule has 42 heavy (non-hydrogen) atoms. The summed E-state index contributed by atoms with van der Waals surface area (Å²) < 4.78 is 81.1. The van der Waals surface area contributed by atoms with Crippen LogP contribution in [0.15, 0.2) is 42.6 Å². The Balaban J connectivity index is 1.76. The molecule has 3 aromatic rings. The predicted octanol–water partition coefficient (Wildman–Crippen LogP) is 6.86. The van der Waals surface area contributed by atoms with Crippen molar-refractivity contribution in [1.82, 2.24) is 9.97 Å². The Hall–Kier alpha value is -4.54. The van der Waals surface area contributed by atoms with Gasteiger partial charge in [0.05, 0.1) is 52.1 Å². The van der Waals surface area contributed by atoms with Crippen molar-refractivity contribution in [2.45, 2.75) is 50.6 Å². The van der Waals surface area contributed by atoms with Gasteiger partial charge in [-0.1, -0.05) is 6.92 Å². The third kappa shape index (κ3) is 6.35. The maximum absolute atomic E-state index is 13.6. The number of hydrogen-bond donors (Lipinski definition) is 2. The van der Waals surface area contributed by atoms with Crippen molar-refractivity contribution < 1.29 is 36.2 Å². The van der Waals surface area contributed by atoms with Crippen molar-refractivity contribution in [3.63, 3.8) is 0 Å². The molecular formula is C28H26F6N6O2. The molecule has 8 nitrogen and oxygen atoms in total. The molecule has 0 bridgehead atoms. The highest BCUT2D eigenvalue weighted by Gasteiger charge is 2.39. The average molecular weight is 593 g/mol. The fourth-order valence-corrected chi connectivity index (χ4v) is 5.03. The Morgan fingerprint density at radius 3 is 2.38 bits per heavy atom. The zero-order valence-corrected chi connectivity index (χ0v) is 22.7. The second kappa shape index (κ2) is 11.4. The lowest BCUT2D eigenvalue weighted by atomic mass is 9.89. The van der Waals surface area contributed by atoms with Crippen LogP contribution in [0.1, 0.15) is 59.3 Å². The van der Waals surface area contributed by atoms with Crippen molar-refractivity contribution >= 4 is 23.4 Å². The molecule has 0 unspecified atom stereocenters. The number of hydrogen-bond acceptors (Lipinski definition) is 6. The molecule has 2 heterocycles. The van der Waals surface area contributed by atoms with E-state index in [0.29, 0.717) is 17.8 Å². The largest absolute Gasteiger partial charge is 0.465 e. The molecule has 0 aliphatic carbocycles. The number of alkyl halides is 6. The molecule has 1 aliphatic rings. The van der Waals surface area contributed by atoms with Crippen LogP contribution in [0.25, 0.3) is 0 Å². The number of fused-ring (bicyclic) bond motifs is 1. The lowest BCUT2D eigenvalue weighted by molar-refractivity contribution is -0.138. The number of benzene rings is 2. The summed E-state index contributed by atoms with van der Waals surface area (Å²) in [6.45, 7) is 1.76. The van der Waals surface area contributed by atoms with Crippen LogP contribution in [0.4, 0.5) is 48.5 Å². The van der Waals surface area contributed by atoms with Crippen LogP contribution in [-0.2, 0) is 18.8 Å².